The Hall–Kier alpha value is -3.35. The molecule has 3 N–H and O–H groups in total. The minimum absolute atomic E-state index is 0.125. The molecule has 2 aromatic carbocycles. The van der Waals surface area contributed by atoms with Gasteiger partial charge in [-0.3, -0.25) is 9.59 Å². The molecule has 7 heteroatoms. The van der Waals surface area contributed by atoms with Crippen LogP contribution >= 0.6 is 0 Å². The standard InChI is InChI=1S/C18H19N3O4/c1-13-2-6-15(7-3-13)25-12-18(23)21-20-10-14-4-8-16(9-5-14)24-11-17(19)22/h2-10H,11-12H2,1H3,(H2,19,22)(H,21,23)/b20-10-. The number of nitrogens with two attached hydrogens (primary N) is 1. The number of rotatable bonds is 8. The van der Waals surface area contributed by atoms with E-state index >= 15 is 0 Å². The van der Waals surface area contributed by atoms with Gasteiger partial charge in [0.1, 0.15) is 11.5 Å². The highest BCUT2D eigenvalue weighted by Gasteiger charge is 2.01. The van der Waals surface area contributed by atoms with Crippen LogP contribution in [0.15, 0.2) is 53.6 Å². The van der Waals surface area contributed by atoms with Gasteiger partial charge in [0.25, 0.3) is 11.8 Å². The van der Waals surface area contributed by atoms with Gasteiger partial charge in [0.05, 0.1) is 6.21 Å². The first-order valence-corrected chi connectivity index (χ1v) is 7.55. The average molecular weight is 341 g/mol. The molecule has 0 bridgehead atoms. The van der Waals surface area contributed by atoms with Crippen molar-refractivity contribution in [3.63, 3.8) is 0 Å². The van der Waals surface area contributed by atoms with Gasteiger partial charge in [-0.15, -0.1) is 0 Å². The van der Waals surface area contributed by atoms with Crippen LogP contribution in [0.1, 0.15) is 11.1 Å². The second-order valence-electron chi connectivity index (χ2n) is 5.22. The van der Waals surface area contributed by atoms with Crippen molar-refractivity contribution in [1.29, 1.82) is 0 Å². The van der Waals surface area contributed by atoms with Crippen molar-refractivity contribution >= 4 is 18.0 Å². The molecule has 7 nitrogen and oxygen atoms in total. The summed E-state index contributed by atoms with van der Waals surface area (Å²) in [7, 11) is 0. The van der Waals surface area contributed by atoms with Gasteiger partial charge in [-0.25, -0.2) is 5.43 Å². The van der Waals surface area contributed by atoms with Gasteiger partial charge in [0, 0.05) is 0 Å². The first-order chi connectivity index (χ1) is 12.0. The number of ether oxygens (including phenoxy) is 2. The summed E-state index contributed by atoms with van der Waals surface area (Å²) in [5.41, 5.74) is 9.25. The largest absolute Gasteiger partial charge is 0.484 e. The number of hydrogen-bond donors (Lipinski definition) is 2. The summed E-state index contributed by atoms with van der Waals surface area (Å²) in [5, 5.41) is 3.85. The lowest BCUT2D eigenvalue weighted by molar-refractivity contribution is -0.123. The number of carbonyl (C=O) groups excluding carboxylic acids is 2. The van der Waals surface area contributed by atoms with E-state index in [9.17, 15) is 9.59 Å². The van der Waals surface area contributed by atoms with E-state index in [4.69, 9.17) is 15.2 Å². The quantitative estimate of drug-likeness (QED) is 0.559. The van der Waals surface area contributed by atoms with Gasteiger partial charge in [-0.05, 0) is 48.9 Å². The summed E-state index contributed by atoms with van der Waals surface area (Å²) in [6.45, 7) is 1.67. The van der Waals surface area contributed by atoms with Crippen LogP contribution in [0.5, 0.6) is 11.5 Å². The summed E-state index contributed by atoms with van der Waals surface area (Å²) in [4.78, 5) is 22.3. The molecule has 0 radical (unpaired) electrons. The summed E-state index contributed by atoms with van der Waals surface area (Å²) < 4.78 is 10.5. The van der Waals surface area contributed by atoms with Crippen LogP contribution < -0.4 is 20.6 Å². The smallest absolute Gasteiger partial charge is 0.277 e. The Morgan fingerprint density at radius 1 is 1.00 bits per heavy atom. The molecule has 0 fully saturated rings. The normalized spacial score (nSPS) is 10.4. The van der Waals surface area contributed by atoms with E-state index in [1.54, 1.807) is 36.4 Å². The Kier molecular flexibility index (Phi) is 6.53. The van der Waals surface area contributed by atoms with Crippen LogP contribution in [0.3, 0.4) is 0 Å². The third-order valence-corrected chi connectivity index (χ3v) is 3.05. The SMILES string of the molecule is Cc1ccc(OCC(=O)N/N=C\c2ccc(OCC(N)=O)cc2)cc1. The van der Waals surface area contributed by atoms with Crippen LogP contribution in [-0.2, 0) is 9.59 Å². The maximum absolute atomic E-state index is 11.7. The number of carbonyl (C=O) groups is 2. The van der Waals surface area contributed by atoms with Crippen LogP contribution in [-0.4, -0.2) is 31.2 Å². The highest BCUT2D eigenvalue weighted by atomic mass is 16.5. The van der Waals surface area contributed by atoms with E-state index < -0.39 is 5.91 Å². The molecule has 0 spiro atoms. The number of primary amides is 1. The fourth-order valence-corrected chi connectivity index (χ4v) is 1.80. The molecule has 0 unspecified atom stereocenters. The van der Waals surface area contributed by atoms with E-state index in [1.807, 2.05) is 19.1 Å². The number of nitrogens with one attached hydrogen (secondary N) is 1. The van der Waals surface area contributed by atoms with Crippen molar-refractivity contribution in [2.24, 2.45) is 10.8 Å². The molecule has 0 aliphatic carbocycles. The van der Waals surface area contributed by atoms with Crippen molar-refractivity contribution in [2.75, 3.05) is 13.2 Å². The molecule has 25 heavy (non-hydrogen) atoms. The molecular formula is C18H19N3O4. The Morgan fingerprint density at radius 2 is 1.56 bits per heavy atom. The number of aryl methyl sites for hydroxylation is 1. The predicted molar refractivity (Wildman–Crippen MR) is 93.5 cm³/mol. The molecule has 0 aliphatic rings. The van der Waals surface area contributed by atoms with E-state index in [2.05, 4.69) is 10.5 Å². The van der Waals surface area contributed by atoms with Crippen molar-refractivity contribution < 1.29 is 19.1 Å². The fourth-order valence-electron chi connectivity index (χ4n) is 1.80. The third-order valence-electron chi connectivity index (χ3n) is 3.05. The van der Waals surface area contributed by atoms with Gasteiger partial charge < -0.3 is 15.2 Å². The maximum atomic E-state index is 11.7. The summed E-state index contributed by atoms with van der Waals surface area (Å²) >= 11 is 0. The van der Waals surface area contributed by atoms with Crippen molar-refractivity contribution in [3.8, 4) is 11.5 Å². The van der Waals surface area contributed by atoms with Crippen molar-refractivity contribution in [3.05, 3.63) is 59.7 Å². The molecule has 0 heterocycles. The summed E-state index contributed by atoms with van der Waals surface area (Å²) in [6.07, 6.45) is 1.49. The van der Waals surface area contributed by atoms with Crippen molar-refractivity contribution in [2.45, 2.75) is 6.92 Å². The lowest BCUT2D eigenvalue weighted by Gasteiger charge is -2.05. The number of hydrogen-bond acceptors (Lipinski definition) is 5. The zero-order chi connectivity index (χ0) is 18.1. The van der Waals surface area contributed by atoms with E-state index in [0.717, 1.165) is 11.1 Å². The first-order valence-electron chi connectivity index (χ1n) is 7.55. The van der Waals surface area contributed by atoms with Crippen LogP contribution in [0.25, 0.3) is 0 Å². The van der Waals surface area contributed by atoms with Gasteiger partial charge >= 0.3 is 0 Å². The predicted octanol–water partition coefficient (Wildman–Crippen LogP) is 1.39. The Morgan fingerprint density at radius 3 is 2.16 bits per heavy atom. The molecule has 2 amide bonds. The van der Waals surface area contributed by atoms with E-state index in [1.165, 1.54) is 6.21 Å². The molecule has 0 saturated carbocycles. The summed E-state index contributed by atoms with van der Waals surface area (Å²) in [6, 6.07) is 14.2. The van der Waals surface area contributed by atoms with Crippen molar-refractivity contribution in [1.82, 2.24) is 5.43 Å². The Labute approximate surface area is 145 Å². The third kappa shape index (κ3) is 6.74. The maximum Gasteiger partial charge on any atom is 0.277 e. The number of amides is 2. The molecular weight excluding hydrogens is 322 g/mol. The van der Waals surface area contributed by atoms with Crippen LogP contribution in [0.2, 0.25) is 0 Å². The first kappa shape index (κ1) is 18.0. The van der Waals surface area contributed by atoms with Crippen LogP contribution in [0, 0.1) is 6.92 Å². The lowest BCUT2D eigenvalue weighted by atomic mass is 10.2. The topological polar surface area (TPSA) is 103 Å². The zero-order valence-electron chi connectivity index (χ0n) is 13.8. The van der Waals surface area contributed by atoms with Crippen LogP contribution in [0.4, 0.5) is 0 Å². The number of nitrogens with zero attached hydrogens (tertiary/aromatic N) is 1. The van der Waals surface area contributed by atoms with Gasteiger partial charge in [-0.1, -0.05) is 17.7 Å². The highest BCUT2D eigenvalue weighted by molar-refractivity contribution is 5.83. The second kappa shape index (κ2) is 9.07. The number of hydrazone groups is 1. The van der Waals surface area contributed by atoms with Gasteiger partial charge in [0.2, 0.25) is 0 Å². The Bertz CT molecular complexity index is 740. The van der Waals surface area contributed by atoms with E-state index in [-0.39, 0.29) is 19.1 Å². The Balaban J connectivity index is 1.74. The minimum Gasteiger partial charge on any atom is -0.484 e. The zero-order valence-corrected chi connectivity index (χ0v) is 13.8. The average Bonchev–Trinajstić information content (AvgIpc) is 2.60. The highest BCUT2D eigenvalue weighted by Crippen LogP contribution is 2.11. The lowest BCUT2D eigenvalue weighted by Crippen LogP contribution is -2.24. The fraction of sp³-hybridized carbons (Fsp3) is 0.167. The minimum atomic E-state index is -0.541. The van der Waals surface area contributed by atoms with E-state index in [0.29, 0.717) is 11.5 Å². The summed E-state index contributed by atoms with van der Waals surface area (Å²) in [5.74, 6) is 0.238. The molecule has 0 aromatic heterocycles. The second-order valence-corrected chi connectivity index (χ2v) is 5.22. The molecule has 2 rings (SSSR count). The molecule has 0 saturated heterocycles. The molecule has 130 valence electrons. The number of benzene rings is 2. The van der Waals surface area contributed by atoms with Gasteiger partial charge in [0.15, 0.2) is 13.2 Å². The van der Waals surface area contributed by atoms with Gasteiger partial charge in [-0.2, -0.15) is 5.10 Å². The molecule has 2 aromatic rings. The molecule has 0 atom stereocenters. The molecule has 0 aliphatic heterocycles. The monoisotopic (exact) mass is 341 g/mol.